The minimum absolute atomic E-state index is 0.183. The highest BCUT2D eigenvalue weighted by atomic mass is 79.9. The van der Waals surface area contributed by atoms with E-state index in [4.69, 9.17) is 9.47 Å². The van der Waals surface area contributed by atoms with Crippen LogP contribution in [0.15, 0.2) is 16.6 Å². The zero-order valence-electron chi connectivity index (χ0n) is 13.2. The first-order valence-electron chi connectivity index (χ1n) is 7.80. The molecule has 1 unspecified atom stereocenters. The molecule has 1 aromatic carbocycles. The Morgan fingerprint density at radius 3 is 2.90 bits per heavy atom. The molecule has 4 heteroatoms. The summed E-state index contributed by atoms with van der Waals surface area (Å²) in [7, 11) is 0. The second-order valence-electron chi connectivity index (χ2n) is 6.19. The Morgan fingerprint density at radius 1 is 1.43 bits per heavy atom. The van der Waals surface area contributed by atoms with Crippen LogP contribution in [-0.4, -0.2) is 25.9 Å². The molecule has 0 aliphatic carbocycles. The van der Waals surface area contributed by atoms with Crippen LogP contribution >= 0.6 is 15.9 Å². The molecule has 0 aromatic heterocycles. The molecule has 1 saturated heterocycles. The van der Waals surface area contributed by atoms with Crippen molar-refractivity contribution in [3.05, 3.63) is 27.7 Å². The second-order valence-corrected chi connectivity index (χ2v) is 7.11. The number of nitrogens with one attached hydrogen (secondary N) is 1. The predicted molar refractivity (Wildman–Crippen MR) is 89.9 cm³/mol. The second kappa shape index (κ2) is 8.16. The van der Waals surface area contributed by atoms with Crippen LogP contribution in [0.3, 0.4) is 0 Å². The largest absolute Gasteiger partial charge is 0.487 e. The van der Waals surface area contributed by atoms with Gasteiger partial charge in [0.25, 0.3) is 0 Å². The van der Waals surface area contributed by atoms with Gasteiger partial charge in [-0.3, -0.25) is 0 Å². The number of hydrogen-bond donors (Lipinski definition) is 1. The summed E-state index contributed by atoms with van der Waals surface area (Å²) in [6.45, 7) is 9.96. The molecular weight excluding hydrogens is 330 g/mol. The zero-order valence-corrected chi connectivity index (χ0v) is 14.8. The summed E-state index contributed by atoms with van der Waals surface area (Å²) in [6.07, 6.45) is 2.35. The predicted octanol–water partition coefficient (Wildman–Crippen LogP) is 4.06. The van der Waals surface area contributed by atoms with Gasteiger partial charge >= 0.3 is 0 Å². The van der Waals surface area contributed by atoms with Crippen LogP contribution in [0, 0.1) is 12.8 Å². The average molecular weight is 356 g/mol. The van der Waals surface area contributed by atoms with E-state index in [2.05, 4.69) is 54.2 Å². The van der Waals surface area contributed by atoms with Crippen LogP contribution in [0.2, 0.25) is 0 Å². The van der Waals surface area contributed by atoms with E-state index < -0.39 is 0 Å². The molecule has 2 rings (SSSR count). The molecule has 1 aliphatic heterocycles. The monoisotopic (exact) mass is 355 g/mol. The highest BCUT2D eigenvalue weighted by Gasteiger charge is 2.18. The maximum Gasteiger partial charge on any atom is 0.127 e. The van der Waals surface area contributed by atoms with Crippen molar-refractivity contribution < 1.29 is 9.47 Å². The first-order chi connectivity index (χ1) is 10.1. The van der Waals surface area contributed by atoms with Crippen molar-refractivity contribution in [2.75, 3.05) is 19.8 Å². The van der Waals surface area contributed by atoms with Crippen molar-refractivity contribution in [3.63, 3.8) is 0 Å². The fourth-order valence-electron chi connectivity index (χ4n) is 2.57. The lowest BCUT2D eigenvalue weighted by atomic mass is 10.1. The molecule has 21 heavy (non-hydrogen) atoms. The molecule has 0 amide bonds. The molecule has 0 spiro atoms. The maximum atomic E-state index is 6.24. The molecule has 1 atom stereocenters. The molecule has 1 aliphatic rings. The van der Waals surface area contributed by atoms with Crippen molar-refractivity contribution >= 4 is 15.9 Å². The van der Waals surface area contributed by atoms with Gasteiger partial charge < -0.3 is 14.8 Å². The lowest BCUT2D eigenvalue weighted by Crippen LogP contribution is -2.29. The molecule has 118 valence electrons. The van der Waals surface area contributed by atoms with Crippen molar-refractivity contribution in [3.8, 4) is 5.75 Å². The fraction of sp³-hybridized carbons (Fsp3) is 0.647. The van der Waals surface area contributed by atoms with Gasteiger partial charge in [-0.25, -0.2) is 0 Å². The molecule has 0 radical (unpaired) electrons. The summed E-state index contributed by atoms with van der Waals surface area (Å²) < 4.78 is 12.9. The third-order valence-electron chi connectivity index (χ3n) is 3.59. The van der Waals surface area contributed by atoms with Gasteiger partial charge in [0, 0.05) is 23.2 Å². The maximum absolute atomic E-state index is 6.24. The third-order valence-corrected chi connectivity index (χ3v) is 4.05. The SMILES string of the molecule is Cc1cc(Br)cc(CNCC(C)C)c1OC1CCCOC1. The van der Waals surface area contributed by atoms with Gasteiger partial charge in [0.15, 0.2) is 0 Å². The summed E-state index contributed by atoms with van der Waals surface area (Å²) in [4.78, 5) is 0. The van der Waals surface area contributed by atoms with Gasteiger partial charge in [0.2, 0.25) is 0 Å². The quantitative estimate of drug-likeness (QED) is 0.834. The van der Waals surface area contributed by atoms with Crippen LogP contribution in [0.5, 0.6) is 5.75 Å². The average Bonchev–Trinajstić information content (AvgIpc) is 2.43. The zero-order chi connectivity index (χ0) is 15.2. The first kappa shape index (κ1) is 16.8. The molecule has 1 N–H and O–H groups in total. The van der Waals surface area contributed by atoms with Gasteiger partial charge in [-0.2, -0.15) is 0 Å². The van der Waals surface area contributed by atoms with Crippen molar-refractivity contribution in [2.24, 2.45) is 5.92 Å². The normalized spacial score (nSPS) is 19.0. The summed E-state index contributed by atoms with van der Waals surface area (Å²) in [5.74, 6) is 1.67. The van der Waals surface area contributed by atoms with Crippen LogP contribution in [0.25, 0.3) is 0 Å². The highest BCUT2D eigenvalue weighted by molar-refractivity contribution is 9.10. The van der Waals surface area contributed by atoms with Crippen molar-refractivity contribution in [2.45, 2.75) is 46.3 Å². The Kier molecular flexibility index (Phi) is 6.52. The number of ether oxygens (including phenoxy) is 2. The summed E-state index contributed by atoms with van der Waals surface area (Å²) in [5.41, 5.74) is 2.39. The Balaban J connectivity index is 2.09. The van der Waals surface area contributed by atoms with Crippen LogP contribution in [0.1, 0.15) is 37.8 Å². The molecular formula is C17H26BrNO2. The molecule has 0 saturated carbocycles. The van der Waals surface area contributed by atoms with Gasteiger partial charge in [0.1, 0.15) is 11.9 Å². The Labute approximate surface area is 136 Å². The van der Waals surface area contributed by atoms with E-state index in [-0.39, 0.29) is 6.10 Å². The topological polar surface area (TPSA) is 30.5 Å². The van der Waals surface area contributed by atoms with Crippen LogP contribution in [-0.2, 0) is 11.3 Å². The number of aryl methyl sites for hydroxylation is 1. The molecule has 1 aromatic rings. The van der Waals surface area contributed by atoms with Crippen molar-refractivity contribution in [1.29, 1.82) is 0 Å². The van der Waals surface area contributed by atoms with E-state index in [0.29, 0.717) is 12.5 Å². The standard InChI is InChI=1S/C17H26BrNO2/c1-12(2)9-19-10-14-8-15(18)7-13(3)17(14)21-16-5-4-6-20-11-16/h7-8,12,16,19H,4-6,9-11H2,1-3H3. The fourth-order valence-corrected chi connectivity index (χ4v) is 3.19. The molecule has 1 fully saturated rings. The number of hydrogen-bond acceptors (Lipinski definition) is 3. The van der Waals surface area contributed by atoms with E-state index in [9.17, 15) is 0 Å². The number of rotatable bonds is 6. The van der Waals surface area contributed by atoms with Gasteiger partial charge in [-0.05, 0) is 49.9 Å². The minimum Gasteiger partial charge on any atom is -0.487 e. The molecule has 1 heterocycles. The van der Waals surface area contributed by atoms with Crippen LogP contribution in [0.4, 0.5) is 0 Å². The van der Waals surface area contributed by atoms with E-state index in [1.807, 2.05) is 0 Å². The van der Waals surface area contributed by atoms with Gasteiger partial charge in [-0.1, -0.05) is 29.8 Å². The lowest BCUT2D eigenvalue weighted by Gasteiger charge is -2.26. The van der Waals surface area contributed by atoms with Gasteiger partial charge in [0.05, 0.1) is 6.61 Å². The third kappa shape index (κ3) is 5.28. The van der Waals surface area contributed by atoms with Gasteiger partial charge in [-0.15, -0.1) is 0 Å². The Bertz CT molecular complexity index is 456. The Morgan fingerprint density at radius 2 is 2.24 bits per heavy atom. The van der Waals surface area contributed by atoms with Crippen LogP contribution < -0.4 is 10.1 Å². The van der Waals surface area contributed by atoms with E-state index >= 15 is 0 Å². The number of halogens is 1. The first-order valence-corrected chi connectivity index (χ1v) is 8.59. The molecule has 0 bridgehead atoms. The molecule has 3 nitrogen and oxygen atoms in total. The summed E-state index contributed by atoms with van der Waals surface area (Å²) in [6, 6.07) is 4.27. The van der Waals surface area contributed by atoms with Crippen molar-refractivity contribution in [1.82, 2.24) is 5.32 Å². The van der Waals surface area contributed by atoms with E-state index in [1.165, 1.54) is 11.1 Å². The lowest BCUT2D eigenvalue weighted by molar-refractivity contribution is 0.00671. The smallest absolute Gasteiger partial charge is 0.127 e. The van der Waals surface area contributed by atoms with E-state index in [1.54, 1.807) is 0 Å². The summed E-state index contributed by atoms with van der Waals surface area (Å²) >= 11 is 3.59. The Hall–Kier alpha value is -0.580. The van der Waals surface area contributed by atoms with E-state index in [0.717, 1.165) is 42.8 Å². The minimum atomic E-state index is 0.183. The number of benzene rings is 1. The highest BCUT2D eigenvalue weighted by Crippen LogP contribution is 2.30. The summed E-state index contributed by atoms with van der Waals surface area (Å²) in [5, 5.41) is 3.50.